The lowest BCUT2D eigenvalue weighted by Crippen LogP contribution is -2.22. The number of fused-ring (bicyclic) bond motifs is 1. The summed E-state index contributed by atoms with van der Waals surface area (Å²) in [5, 5.41) is 16.2. The molecule has 0 fully saturated rings. The molecule has 2 heterocycles. The molecule has 7 N–H and O–H groups in total. The fourth-order valence-electron chi connectivity index (χ4n) is 3.28. The Hall–Kier alpha value is -4.38. The number of primary amides is 1. The number of nitrogens with one attached hydrogen (secondary N) is 5. The van der Waals surface area contributed by atoms with Crippen LogP contribution in [0.15, 0.2) is 48.7 Å². The van der Waals surface area contributed by atoms with Gasteiger partial charge in [-0.25, -0.2) is 9.78 Å². The van der Waals surface area contributed by atoms with Gasteiger partial charge >= 0.3 is 6.03 Å². The average molecular weight is 481 g/mol. The number of hydrogen-bond acceptors (Lipinski definition) is 5. The molecule has 11 nitrogen and oxygen atoms in total. The van der Waals surface area contributed by atoms with Crippen molar-refractivity contribution in [2.24, 2.45) is 5.73 Å². The molecular weight excluding hydrogens is 460 g/mol. The molecule has 174 valence electrons. The lowest BCUT2D eigenvalue weighted by molar-refractivity contribution is -0.116. The number of H-pyrrole nitrogens is 2. The summed E-state index contributed by atoms with van der Waals surface area (Å²) in [6, 6.07) is 11.4. The fourth-order valence-corrected chi connectivity index (χ4v) is 3.40. The van der Waals surface area contributed by atoms with Gasteiger partial charge in [0, 0.05) is 34.6 Å². The Kier molecular flexibility index (Phi) is 6.74. The van der Waals surface area contributed by atoms with Gasteiger partial charge in [0.25, 0.3) is 5.91 Å². The van der Waals surface area contributed by atoms with Gasteiger partial charge in [-0.2, -0.15) is 5.10 Å². The van der Waals surface area contributed by atoms with Crippen molar-refractivity contribution >= 4 is 57.5 Å². The second kappa shape index (κ2) is 10.0. The van der Waals surface area contributed by atoms with E-state index in [2.05, 4.69) is 36.1 Å². The van der Waals surface area contributed by atoms with Crippen LogP contribution >= 0.6 is 11.6 Å². The van der Waals surface area contributed by atoms with Gasteiger partial charge in [0.2, 0.25) is 5.91 Å². The fraction of sp³-hybridized carbons (Fsp3) is 0.136. The monoisotopic (exact) mass is 480 g/mol. The molecule has 2 aromatic carbocycles. The number of carbonyl (C=O) groups excluding carboxylic acids is 3. The van der Waals surface area contributed by atoms with Crippen LogP contribution in [-0.4, -0.2) is 38.0 Å². The van der Waals surface area contributed by atoms with Crippen molar-refractivity contribution in [3.8, 4) is 0 Å². The Morgan fingerprint density at radius 1 is 1.00 bits per heavy atom. The number of aromatic amines is 2. The van der Waals surface area contributed by atoms with Gasteiger partial charge in [0.15, 0.2) is 5.69 Å². The van der Waals surface area contributed by atoms with Crippen LogP contribution in [0.2, 0.25) is 5.02 Å². The number of amides is 4. The number of benzene rings is 2. The van der Waals surface area contributed by atoms with Crippen molar-refractivity contribution in [2.45, 2.75) is 19.3 Å². The molecule has 4 rings (SSSR count). The van der Waals surface area contributed by atoms with Crippen molar-refractivity contribution in [2.75, 3.05) is 16.0 Å². The van der Waals surface area contributed by atoms with Crippen LogP contribution in [0.5, 0.6) is 0 Å². The summed E-state index contributed by atoms with van der Waals surface area (Å²) in [7, 11) is 0. The third kappa shape index (κ3) is 5.70. The molecular formula is C22H21ClN8O3. The third-order valence-corrected chi connectivity index (χ3v) is 5.12. The highest BCUT2D eigenvalue weighted by Gasteiger charge is 2.17. The number of halogens is 1. The summed E-state index contributed by atoms with van der Waals surface area (Å²) >= 11 is 5.83. The number of carbonyl (C=O) groups is 3. The second-order valence-corrected chi connectivity index (χ2v) is 7.87. The quantitative estimate of drug-likeness (QED) is 0.225. The molecule has 0 atom stereocenters. The van der Waals surface area contributed by atoms with E-state index in [0.717, 1.165) is 10.9 Å². The molecule has 0 radical (unpaired) electrons. The highest BCUT2D eigenvalue weighted by atomic mass is 35.5. The summed E-state index contributed by atoms with van der Waals surface area (Å²) in [6.07, 6.45) is 2.74. The van der Waals surface area contributed by atoms with Gasteiger partial charge in [-0.3, -0.25) is 20.0 Å². The molecule has 0 spiro atoms. The summed E-state index contributed by atoms with van der Waals surface area (Å²) < 4.78 is 0. The number of rotatable bonds is 8. The Morgan fingerprint density at radius 3 is 2.53 bits per heavy atom. The SMILES string of the molecule is NC(=O)c1nc(CCCC(=O)Nc2ccc3[nH]ncc3c2)[nH]c1NC(=O)Nc1ccc(Cl)cc1. The van der Waals surface area contributed by atoms with E-state index >= 15 is 0 Å². The van der Waals surface area contributed by atoms with E-state index in [1.165, 1.54) is 0 Å². The van der Waals surface area contributed by atoms with E-state index in [1.807, 2.05) is 12.1 Å². The number of hydrogen-bond donors (Lipinski definition) is 6. The number of aryl methyl sites for hydroxylation is 1. The molecule has 0 saturated carbocycles. The minimum atomic E-state index is -0.795. The van der Waals surface area contributed by atoms with E-state index in [4.69, 9.17) is 17.3 Å². The minimum absolute atomic E-state index is 0.0758. The van der Waals surface area contributed by atoms with E-state index in [1.54, 1.807) is 36.5 Å². The standard InChI is InChI=1S/C22H21ClN8O3/c23-13-4-6-14(7-5-13)27-22(34)30-21-19(20(24)33)28-17(29-21)2-1-3-18(32)26-15-8-9-16-12(10-15)11-25-31-16/h4-11H,1-3H2,(H2,24,33)(H,25,31)(H,26,32)(H,28,29)(H2,27,30,34). The number of nitrogens with two attached hydrogens (primary N) is 1. The van der Waals surface area contributed by atoms with Gasteiger partial charge in [-0.1, -0.05) is 11.6 Å². The molecule has 0 aliphatic carbocycles. The van der Waals surface area contributed by atoms with Crippen LogP contribution in [0, 0.1) is 0 Å². The van der Waals surface area contributed by atoms with Gasteiger partial charge in [0.1, 0.15) is 11.6 Å². The summed E-state index contributed by atoms with van der Waals surface area (Å²) in [6.45, 7) is 0. The molecule has 12 heteroatoms. The molecule has 2 aromatic heterocycles. The van der Waals surface area contributed by atoms with Crippen LogP contribution in [0.3, 0.4) is 0 Å². The smallest absolute Gasteiger partial charge is 0.324 e. The minimum Gasteiger partial charge on any atom is -0.364 e. The predicted octanol–water partition coefficient (Wildman–Crippen LogP) is 3.64. The Labute approximate surface area is 198 Å². The number of nitrogens with zero attached hydrogens (tertiary/aromatic N) is 2. The van der Waals surface area contributed by atoms with Crippen molar-refractivity contribution in [1.29, 1.82) is 0 Å². The molecule has 0 aliphatic rings. The normalized spacial score (nSPS) is 10.7. The first kappa shape index (κ1) is 22.8. The van der Waals surface area contributed by atoms with E-state index in [-0.39, 0.29) is 23.8 Å². The summed E-state index contributed by atoms with van der Waals surface area (Å²) in [4.78, 5) is 43.4. The highest BCUT2D eigenvalue weighted by Crippen LogP contribution is 2.18. The van der Waals surface area contributed by atoms with Crippen LogP contribution < -0.4 is 21.7 Å². The maximum absolute atomic E-state index is 12.3. The number of anilines is 3. The maximum atomic E-state index is 12.3. The summed E-state index contributed by atoms with van der Waals surface area (Å²) in [5.74, 6) is -0.461. The maximum Gasteiger partial charge on any atom is 0.324 e. The largest absolute Gasteiger partial charge is 0.364 e. The van der Waals surface area contributed by atoms with Gasteiger partial charge in [-0.05, 0) is 48.9 Å². The van der Waals surface area contributed by atoms with Crippen LogP contribution in [0.25, 0.3) is 10.9 Å². The lowest BCUT2D eigenvalue weighted by Gasteiger charge is -2.07. The van der Waals surface area contributed by atoms with E-state index in [0.29, 0.717) is 35.1 Å². The van der Waals surface area contributed by atoms with Gasteiger partial charge in [-0.15, -0.1) is 0 Å². The zero-order chi connectivity index (χ0) is 24.1. The first-order valence-corrected chi connectivity index (χ1v) is 10.7. The third-order valence-electron chi connectivity index (χ3n) is 4.87. The average Bonchev–Trinajstić information content (AvgIpc) is 3.42. The highest BCUT2D eigenvalue weighted by molar-refractivity contribution is 6.30. The van der Waals surface area contributed by atoms with Gasteiger partial charge in [0.05, 0.1) is 11.7 Å². The first-order valence-electron chi connectivity index (χ1n) is 10.3. The van der Waals surface area contributed by atoms with Crippen molar-refractivity contribution in [3.63, 3.8) is 0 Å². The van der Waals surface area contributed by atoms with Gasteiger partial charge < -0.3 is 21.4 Å². The Morgan fingerprint density at radius 2 is 1.76 bits per heavy atom. The Balaban J connectivity index is 1.31. The second-order valence-electron chi connectivity index (χ2n) is 7.43. The Bertz CT molecular complexity index is 1350. The number of imidazole rings is 1. The van der Waals surface area contributed by atoms with E-state index < -0.39 is 11.9 Å². The molecule has 0 unspecified atom stereocenters. The van der Waals surface area contributed by atoms with E-state index in [9.17, 15) is 14.4 Å². The molecule has 4 amide bonds. The first-order chi connectivity index (χ1) is 16.4. The molecule has 34 heavy (non-hydrogen) atoms. The number of aromatic nitrogens is 4. The topological polar surface area (TPSA) is 171 Å². The molecule has 4 aromatic rings. The molecule has 0 saturated heterocycles. The number of urea groups is 1. The van der Waals surface area contributed by atoms with Crippen LogP contribution in [0.1, 0.15) is 29.2 Å². The zero-order valence-corrected chi connectivity index (χ0v) is 18.6. The lowest BCUT2D eigenvalue weighted by atomic mass is 10.2. The van der Waals surface area contributed by atoms with Crippen LogP contribution in [0.4, 0.5) is 22.0 Å². The predicted molar refractivity (Wildman–Crippen MR) is 129 cm³/mol. The summed E-state index contributed by atoms with van der Waals surface area (Å²) in [5.41, 5.74) is 7.36. The van der Waals surface area contributed by atoms with Crippen molar-refractivity contribution in [1.82, 2.24) is 20.2 Å². The molecule has 0 aliphatic heterocycles. The van der Waals surface area contributed by atoms with Crippen LogP contribution in [-0.2, 0) is 11.2 Å². The zero-order valence-electron chi connectivity index (χ0n) is 17.8. The van der Waals surface area contributed by atoms with Crippen molar-refractivity contribution < 1.29 is 14.4 Å². The van der Waals surface area contributed by atoms with Crippen molar-refractivity contribution in [3.05, 3.63) is 65.2 Å². The molecule has 0 bridgehead atoms.